The molecular formula is C16H16F2N2O4. The zero-order valence-electron chi connectivity index (χ0n) is 12.7. The molecule has 2 heterocycles. The number of aromatic nitrogens is 1. The number of benzene rings is 1. The zero-order chi connectivity index (χ0) is 17.3. The largest absolute Gasteiger partial charge is 0.508 e. The third-order valence-corrected chi connectivity index (χ3v) is 4.12. The van der Waals surface area contributed by atoms with E-state index < -0.39 is 30.8 Å². The van der Waals surface area contributed by atoms with Crippen LogP contribution in [0.3, 0.4) is 0 Å². The summed E-state index contributed by atoms with van der Waals surface area (Å²) in [4.78, 5) is 13.6. The number of likely N-dealkylation sites (tertiary alicyclic amines) is 1. The molecule has 3 rings (SSSR count). The molecule has 1 saturated heterocycles. The number of amides is 1. The molecule has 1 aromatic carbocycles. The van der Waals surface area contributed by atoms with Crippen molar-refractivity contribution in [2.24, 2.45) is 5.92 Å². The van der Waals surface area contributed by atoms with E-state index in [0.29, 0.717) is 5.56 Å². The minimum atomic E-state index is -2.98. The van der Waals surface area contributed by atoms with E-state index in [1.165, 1.54) is 23.1 Å². The lowest BCUT2D eigenvalue weighted by atomic mass is 9.94. The van der Waals surface area contributed by atoms with Crippen LogP contribution in [-0.2, 0) is 0 Å². The van der Waals surface area contributed by atoms with Gasteiger partial charge in [0.15, 0.2) is 11.5 Å². The quantitative estimate of drug-likeness (QED) is 0.895. The van der Waals surface area contributed by atoms with Crippen molar-refractivity contribution in [3.05, 3.63) is 36.0 Å². The SMILES string of the molecule is O=C(c1cc(-c2cccc(O)c2)on1)N1CCC(F)(F)C(CO)C1. The van der Waals surface area contributed by atoms with Crippen LogP contribution in [0.5, 0.6) is 5.75 Å². The van der Waals surface area contributed by atoms with Gasteiger partial charge in [0.05, 0.1) is 12.5 Å². The summed E-state index contributed by atoms with van der Waals surface area (Å²) in [5, 5.41) is 22.3. The molecule has 1 atom stereocenters. The minimum Gasteiger partial charge on any atom is -0.508 e. The highest BCUT2D eigenvalue weighted by atomic mass is 19.3. The fourth-order valence-electron chi connectivity index (χ4n) is 2.69. The number of carbonyl (C=O) groups excluding carboxylic acids is 1. The van der Waals surface area contributed by atoms with E-state index in [4.69, 9.17) is 9.63 Å². The molecular weight excluding hydrogens is 322 g/mol. The lowest BCUT2D eigenvalue weighted by molar-refractivity contribution is -0.113. The smallest absolute Gasteiger partial charge is 0.276 e. The Bertz CT molecular complexity index is 747. The van der Waals surface area contributed by atoms with Gasteiger partial charge in [-0.1, -0.05) is 17.3 Å². The molecule has 8 heteroatoms. The number of halogens is 2. The van der Waals surface area contributed by atoms with Gasteiger partial charge in [0, 0.05) is 31.1 Å². The second kappa shape index (κ2) is 6.20. The van der Waals surface area contributed by atoms with Gasteiger partial charge < -0.3 is 19.6 Å². The van der Waals surface area contributed by atoms with Crippen LogP contribution in [-0.4, -0.2) is 51.8 Å². The third kappa shape index (κ3) is 3.09. The average molecular weight is 338 g/mol. The van der Waals surface area contributed by atoms with Crippen LogP contribution in [0.4, 0.5) is 8.78 Å². The fraction of sp³-hybridized carbons (Fsp3) is 0.375. The van der Waals surface area contributed by atoms with Crippen LogP contribution >= 0.6 is 0 Å². The van der Waals surface area contributed by atoms with Crippen molar-refractivity contribution < 1.29 is 28.3 Å². The fourth-order valence-corrected chi connectivity index (χ4v) is 2.69. The van der Waals surface area contributed by atoms with Crippen molar-refractivity contribution in [3.8, 4) is 17.1 Å². The van der Waals surface area contributed by atoms with Crippen LogP contribution < -0.4 is 0 Å². The Morgan fingerprint density at radius 3 is 2.92 bits per heavy atom. The van der Waals surface area contributed by atoms with E-state index in [1.54, 1.807) is 12.1 Å². The Kier molecular flexibility index (Phi) is 4.23. The van der Waals surface area contributed by atoms with Crippen molar-refractivity contribution in [1.82, 2.24) is 10.1 Å². The van der Waals surface area contributed by atoms with Crippen molar-refractivity contribution in [2.45, 2.75) is 12.3 Å². The molecule has 2 N–H and O–H groups in total. The maximum atomic E-state index is 13.6. The maximum absolute atomic E-state index is 13.6. The number of piperidine rings is 1. The molecule has 24 heavy (non-hydrogen) atoms. The molecule has 6 nitrogen and oxygen atoms in total. The van der Waals surface area contributed by atoms with E-state index in [0.717, 1.165) is 0 Å². The maximum Gasteiger partial charge on any atom is 0.276 e. The second-order valence-corrected chi connectivity index (χ2v) is 5.77. The Morgan fingerprint density at radius 1 is 1.42 bits per heavy atom. The molecule has 1 unspecified atom stereocenters. The molecule has 1 amide bonds. The summed E-state index contributed by atoms with van der Waals surface area (Å²) in [5.41, 5.74) is 0.537. The summed E-state index contributed by atoms with van der Waals surface area (Å²) in [6.45, 7) is -1.04. The van der Waals surface area contributed by atoms with Crippen LogP contribution in [0.15, 0.2) is 34.9 Å². The van der Waals surface area contributed by atoms with E-state index in [1.807, 2.05) is 0 Å². The number of phenolic OH excluding ortho intramolecular Hbond substituents is 1. The van der Waals surface area contributed by atoms with Crippen molar-refractivity contribution >= 4 is 5.91 Å². The monoisotopic (exact) mass is 338 g/mol. The highest BCUT2D eigenvalue weighted by molar-refractivity contribution is 5.93. The molecule has 0 saturated carbocycles. The van der Waals surface area contributed by atoms with Crippen molar-refractivity contribution in [3.63, 3.8) is 0 Å². The number of carbonyl (C=O) groups is 1. The lowest BCUT2D eigenvalue weighted by Crippen LogP contribution is -2.50. The van der Waals surface area contributed by atoms with E-state index in [2.05, 4.69) is 5.16 Å². The van der Waals surface area contributed by atoms with E-state index >= 15 is 0 Å². The lowest BCUT2D eigenvalue weighted by Gasteiger charge is -2.37. The number of aliphatic hydroxyl groups is 1. The molecule has 0 radical (unpaired) electrons. The first kappa shape index (κ1) is 16.4. The Morgan fingerprint density at radius 2 is 2.21 bits per heavy atom. The number of phenols is 1. The summed E-state index contributed by atoms with van der Waals surface area (Å²) >= 11 is 0. The van der Waals surface area contributed by atoms with Gasteiger partial charge >= 0.3 is 0 Å². The van der Waals surface area contributed by atoms with Gasteiger partial charge in [0.1, 0.15) is 5.75 Å². The predicted octanol–water partition coefficient (Wildman–Crippen LogP) is 2.14. The first-order chi connectivity index (χ1) is 11.4. The molecule has 1 fully saturated rings. The predicted molar refractivity (Wildman–Crippen MR) is 79.6 cm³/mol. The molecule has 0 aliphatic carbocycles. The number of hydrogen-bond donors (Lipinski definition) is 2. The Hall–Kier alpha value is -2.48. The average Bonchev–Trinajstić information content (AvgIpc) is 3.04. The topological polar surface area (TPSA) is 86.8 Å². The summed E-state index contributed by atoms with van der Waals surface area (Å²) in [6, 6.07) is 7.65. The molecule has 0 spiro atoms. The number of aliphatic hydroxyl groups excluding tert-OH is 1. The molecule has 1 aliphatic heterocycles. The number of aromatic hydroxyl groups is 1. The number of rotatable bonds is 3. The first-order valence-corrected chi connectivity index (χ1v) is 7.45. The molecule has 2 aromatic rings. The third-order valence-electron chi connectivity index (χ3n) is 4.12. The normalized spacial score (nSPS) is 20.1. The Labute approximate surface area is 136 Å². The summed E-state index contributed by atoms with van der Waals surface area (Å²) in [6.07, 6.45) is -0.499. The molecule has 0 bridgehead atoms. The molecule has 1 aromatic heterocycles. The van der Waals surface area contributed by atoms with Crippen LogP contribution in [0.1, 0.15) is 16.9 Å². The number of alkyl halides is 2. The van der Waals surface area contributed by atoms with Gasteiger partial charge in [-0.3, -0.25) is 4.79 Å². The molecule has 128 valence electrons. The van der Waals surface area contributed by atoms with Crippen LogP contribution in [0.2, 0.25) is 0 Å². The molecule has 1 aliphatic rings. The first-order valence-electron chi connectivity index (χ1n) is 7.45. The van der Waals surface area contributed by atoms with Crippen molar-refractivity contribution in [2.75, 3.05) is 19.7 Å². The minimum absolute atomic E-state index is 0.00440. The number of nitrogens with zero attached hydrogens (tertiary/aromatic N) is 2. The van der Waals surface area contributed by atoms with Gasteiger partial charge in [-0.2, -0.15) is 0 Å². The van der Waals surface area contributed by atoms with Gasteiger partial charge in [-0.25, -0.2) is 8.78 Å². The standard InChI is InChI=1S/C16H16F2N2O4/c17-16(18)4-5-20(8-11(16)9-21)15(23)13-7-14(24-19-13)10-2-1-3-12(22)6-10/h1-3,6-7,11,21-22H,4-5,8-9H2. The zero-order valence-corrected chi connectivity index (χ0v) is 12.7. The second-order valence-electron chi connectivity index (χ2n) is 5.77. The van der Waals surface area contributed by atoms with Crippen LogP contribution in [0, 0.1) is 5.92 Å². The summed E-state index contributed by atoms with van der Waals surface area (Å²) in [7, 11) is 0. The van der Waals surface area contributed by atoms with Gasteiger partial charge in [0.25, 0.3) is 11.8 Å². The summed E-state index contributed by atoms with van der Waals surface area (Å²) in [5.74, 6) is -4.47. The Balaban J connectivity index is 1.77. The highest BCUT2D eigenvalue weighted by Crippen LogP contribution is 2.34. The van der Waals surface area contributed by atoms with E-state index in [-0.39, 0.29) is 30.3 Å². The van der Waals surface area contributed by atoms with Gasteiger partial charge in [-0.15, -0.1) is 0 Å². The van der Waals surface area contributed by atoms with Crippen LogP contribution in [0.25, 0.3) is 11.3 Å². The van der Waals surface area contributed by atoms with E-state index in [9.17, 15) is 18.7 Å². The van der Waals surface area contributed by atoms with Gasteiger partial charge in [-0.05, 0) is 12.1 Å². The van der Waals surface area contributed by atoms with Crippen molar-refractivity contribution in [1.29, 1.82) is 0 Å². The number of hydrogen-bond acceptors (Lipinski definition) is 5. The summed E-state index contributed by atoms with van der Waals surface area (Å²) < 4.78 is 32.3. The highest BCUT2D eigenvalue weighted by Gasteiger charge is 2.45. The van der Waals surface area contributed by atoms with Gasteiger partial charge in [0.2, 0.25) is 0 Å².